The Morgan fingerprint density at radius 3 is 2.56 bits per heavy atom. The van der Waals surface area contributed by atoms with E-state index in [0.29, 0.717) is 11.4 Å². The van der Waals surface area contributed by atoms with Crippen molar-refractivity contribution in [3.8, 4) is 17.0 Å². The molecule has 80 valence electrons. The van der Waals surface area contributed by atoms with E-state index in [4.69, 9.17) is 4.74 Å². The smallest absolute Gasteiger partial charge is 0.168 e. The van der Waals surface area contributed by atoms with Crippen LogP contribution < -0.4 is 4.74 Å². The minimum atomic E-state index is 0.373. The first kappa shape index (κ1) is 10.4. The Bertz CT molecular complexity index is 495. The number of pyridine rings is 1. The molecule has 0 spiro atoms. The third-order valence-corrected chi connectivity index (χ3v) is 2.24. The van der Waals surface area contributed by atoms with Gasteiger partial charge in [-0.15, -0.1) is 0 Å². The van der Waals surface area contributed by atoms with Crippen LogP contribution in [0.15, 0.2) is 42.5 Å². The standard InChI is InChI=1S/C13H11NO2/c1-16-12-7-11(9-15)14-13(8-12)10-5-3-2-4-6-10/h2-9H,1H3. The zero-order chi connectivity index (χ0) is 11.4. The van der Waals surface area contributed by atoms with Gasteiger partial charge < -0.3 is 4.74 Å². The molecule has 0 bridgehead atoms. The van der Waals surface area contributed by atoms with Crippen molar-refractivity contribution in [3.63, 3.8) is 0 Å². The highest BCUT2D eigenvalue weighted by Gasteiger charge is 2.04. The number of carbonyl (C=O) groups is 1. The van der Waals surface area contributed by atoms with Crippen molar-refractivity contribution in [2.45, 2.75) is 0 Å². The van der Waals surface area contributed by atoms with Gasteiger partial charge in [-0.1, -0.05) is 30.3 Å². The molecular formula is C13H11NO2. The highest BCUT2D eigenvalue weighted by molar-refractivity contribution is 5.75. The van der Waals surface area contributed by atoms with Gasteiger partial charge in [-0.2, -0.15) is 0 Å². The Labute approximate surface area is 93.7 Å². The van der Waals surface area contributed by atoms with E-state index in [1.165, 1.54) is 0 Å². The van der Waals surface area contributed by atoms with Crippen LogP contribution in [-0.4, -0.2) is 18.4 Å². The fourth-order valence-corrected chi connectivity index (χ4v) is 1.46. The fourth-order valence-electron chi connectivity index (χ4n) is 1.46. The van der Waals surface area contributed by atoms with E-state index in [-0.39, 0.29) is 0 Å². The summed E-state index contributed by atoms with van der Waals surface area (Å²) < 4.78 is 5.12. The van der Waals surface area contributed by atoms with Crippen LogP contribution in [0.5, 0.6) is 5.75 Å². The third-order valence-electron chi connectivity index (χ3n) is 2.24. The lowest BCUT2D eigenvalue weighted by Gasteiger charge is -2.05. The van der Waals surface area contributed by atoms with E-state index in [9.17, 15) is 4.79 Å². The first-order valence-corrected chi connectivity index (χ1v) is 4.90. The number of carbonyl (C=O) groups excluding carboxylic acids is 1. The van der Waals surface area contributed by atoms with Crippen LogP contribution >= 0.6 is 0 Å². The van der Waals surface area contributed by atoms with E-state index < -0.39 is 0 Å². The van der Waals surface area contributed by atoms with Crippen molar-refractivity contribution >= 4 is 6.29 Å². The van der Waals surface area contributed by atoms with Crippen LogP contribution in [0, 0.1) is 0 Å². The van der Waals surface area contributed by atoms with Gasteiger partial charge in [0.2, 0.25) is 0 Å². The van der Waals surface area contributed by atoms with Crippen molar-refractivity contribution in [2.24, 2.45) is 0 Å². The largest absolute Gasteiger partial charge is 0.497 e. The molecule has 3 nitrogen and oxygen atoms in total. The highest BCUT2D eigenvalue weighted by atomic mass is 16.5. The molecule has 1 aromatic heterocycles. The summed E-state index contributed by atoms with van der Waals surface area (Å²) in [5.74, 6) is 0.635. The summed E-state index contributed by atoms with van der Waals surface area (Å²) in [5.41, 5.74) is 2.07. The van der Waals surface area contributed by atoms with Gasteiger partial charge in [-0.25, -0.2) is 4.98 Å². The average Bonchev–Trinajstić information content (AvgIpc) is 2.39. The van der Waals surface area contributed by atoms with Crippen molar-refractivity contribution in [1.29, 1.82) is 0 Å². The van der Waals surface area contributed by atoms with Crippen molar-refractivity contribution in [2.75, 3.05) is 7.11 Å². The van der Waals surface area contributed by atoms with Gasteiger partial charge in [0.25, 0.3) is 0 Å². The number of aromatic nitrogens is 1. The number of nitrogens with zero attached hydrogens (tertiary/aromatic N) is 1. The van der Waals surface area contributed by atoms with Crippen LogP contribution in [0.4, 0.5) is 0 Å². The molecule has 0 saturated carbocycles. The highest BCUT2D eigenvalue weighted by Crippen LogP contribution is 2.22. The molecule has 16 heavy (non-hydrogen) atoms. The van der Waals surface area contributed by atoms with Crippen molar-refractivity contribution in [3.05, 3.63) is 48.2 Å². The van der Waals surface area contributed by atoms with Gasteiger partial charge in [0.1, 0.15) is 11.4 Å². The first-order chi connectivity index (χ1) is 7.83. The molecule has 2 aromatic rings. The van der Waals surface area contributed by atoms with E-state index in [2.05, 4.69) is 4.98 Å². The Morgan fingerprint density at radius 1 is 1.19 bits per heavy atom. The second-order valence-corrected chi connectivity index (χ2v) is 3.30. The van der Waals surface area contributed by atoms with Crippen LogP contribution in [0.1, 0.15) is 10.5 Å². The zero-order valence-corrected chi connectivity index (χ0v) is 8.88. The Morgan fingerprint density at radius 2 is 1.94 bits per heavy atom. The van der Waals surface area contributed by atoms with Crippen LogP contribution in [0.2, 0.25) is 0 Å². The van der Waals surface area contributed by atoms with Crippen molar-refractivity contribution in [1.82, 2.24) is 4.98 Å². The van der Waals surface area contributed by atoms with E-state index in [1.54, 1.807) is 13.2 Å². The molecule has 0 N–H and O–H groups in total. The molecule has 2 rings (SSSR count). The third kappa shape index (κ3) is 2.08. The van der Waals surface area contributed by atoms with E-state index in [1.807, 2.05) is 36.4 Å². The lowest BCUT2D eigenvalue weighted by atomic mass is 10.1. The lowest BCUT2D eigenvalue weighted by molar-refractivity contribution is 0.111. The number of rotatable bonds is 3. The maximum atomic E-state index is 10.7. The summed E-state index contributed by atoms with van der Waals surface area (Å²) in [6, 6.07) is 13.1. The SMILES string of the molecule is COc1cc(C=O)nc(-c2ccccc2)c1. The monoisotopic (exact) mass is 213 g/mol. The molecule has 0 radical (unpaired) electrons. The van der Waals surface area contributed by atoms with Crippen LogP contribution in [-0.2, 0) is 0 Å². The molecule has 0 saturated heterocycles. The summed E-state index contributed by atoms with van der Waals surface area (Å²) in [7, 11) is 1.57. The van der Waals surface area contributed by atoms with Gasteiger partial charge in [-0.3, -0.25) is 4.79 Å². The fraction of sp³-hybridized carbons (Fsp3) is 0.0769. The molecule has 0 fully saturated rings. The maximum Gasteiger partial charge on any atom is 0.168 e. The predicted molar refractivity (Wildman–Crippen MR) is 61.6 cm³/mol. The predicted octanol–water partition coefficient (Wildman–Crippen LogP) is 2.57. The molecule has 0 aliphatic heterocycles. The molecule has 1 aromatic carbocycles. The molecule has 3 heteroatoms. The summed E-state index contributed by atoms with van der Waals surface area (Å²) >= 11 is 0. The number of benzene rings is 1. The topological polar surface area (TPSA) is 39.2 Å². The van der Waals surface area contributed by atoms with Gasteiger partial charge in [0.05, 0.1) is 12.8 Å². The molecule has 0 amide bonds. The quantitative estimate of drug-likeness (QED) is 0.735. The Hall–Kier alpha value is -2.16. The maximum absolute atomic E-state index is 10.7. The zero-order valence-electron chi connectivity index (χ0n) is 8.88. The number of ether oxygens (including phenoxy) is 1. The summed E-state index contributed by atoms with van der Waals surface area (Å²) in [6.07, 6.45) is 0.717. The second kappa shape index (κ2) is 4.57. The second-order valence-electron chi connectivity index (χ2n) is 3.30. The minimum Gasteiger partial charge on any atom is -0.497 e. The Kier molecular flexibility index (Phi) is 2.96. The minimum absolute atomic E-state index is 0.373. The molecular weight excluding hydrogens is 202 g/mol. The normalized spacial score (nSPS) is 9.81. The van der Waals surface area contributed by atoms with E-state index in [0.717, 1.165) is 17.5 Å². The van der Waals surface area contributed by atoms with Crippen LogP contribution in [0.3, 0.4) is 0 Å². The number of hydrogen-bond acceptors (Lipinski definition) is 3. The molecule has 0 atom stereocenters. The lowest BCUT2D eigenvalue weighted by Crippen LogP contribution is -1.93. The summed E-state index contributed by atoms with van der Waals surface area (Å²) in [5, 5.41) is 0. The average molecular weight is 213 g/mol. The number of aldehydes is 1. The number of hydrogen-bond donors (Lipinski definition) is 0. The molecule has 0 aliphatic rings. The van der Waals surface area contributed by atoms with Gasteiger partial charge >= 0.3 is 0 Å². The van der Waals surface area contributed by atoms with Gasteiger partial charge in [-0.05, 0) is 0 Å². The first-order valence-electron chi connectivity index (χ1n) is 4.90. The summed E-state index contributed by atoms with van der Waals surface area (Å²) in [6.45, 7) is 0. The van der Waals surface area contributed by atoms with Gasteiger partial charge in [0.15, 0.2) is 6.29 Å². The summed E-state index contributed by atoms with van der Waals surface area (Å²) in [4.78, 5) is 15.0. The Balaban J connectivity index is 2.52. The van der Waals surface area contributed by atoms with Crippen LogP contribution in [0.25, 0.3) is 11.3 Å². The van der Waals surface area contributed by atoms with E-state index >= 15 is 0 Å². The molecule has 1 heterocycles. The number of methoxy groups -OCH3 is 1. The molecule has 0 unspecified atom stereocenters. The van der Waals surface area contributed by atoms with Gasteiger partial charge in [0, 0.05) is 17.7 Å². The molecule has 0 aliphatic carbocycles. The van der Waals surface area contributed by atoms with Crippen molar-refractivity contribution < 1.29 is 9.53 Å².